The van der Waals surface area contributed by atoms with Gasteiger partial charge in [0.1, 0.15) is 8.07 Å². The van der Waals surface area contributed by atoms with Crippen LogP contribution in [0.5, 0.6) is 0 Å². The summed E-state index contributed by atoms with van der Waals surface area (Å²) in [7, 11) is -1.47. The number of carbonyl (C=O) groups excluding carboxylic acids is 1. The van der Waals surface area contributed by atoms with Gasteiger partial charge in [-0.25, -0.2) is 4.79 Å². The first-order valence-corrected chi connectivity index (χ1v) is 36.1. The normalized spacial score (nSPS) is 10.3. The lowest BCUT2D eigenvalue weighted by Gasteiger charge is -2.12. The Bertz CT molecular complexity index is 5250. The van der Waals surface area contributed by atoms with Crippen molar-refractivity contribution in [1.29, 1.82) is 0 Å². The predicted molar refractivity (Wildman–Crippen MR) is 401 cm³/mol. The van der Waals surface area contributed by atoms with Crippen LogP contribution in [0.25, 0.3) is 0 Å². The smallest absolute Gasteiger partial charge is 0.338 e. The van der Waals surface area contributed by atoms with Crippen LogP contribution in [0.1, 0.15) is 163 Å². The minimum absolute atomic E-state index is 0.319. The van der Waals surface area contributed by atoms with Crippen molar-refractivity contribution < 1.29 is 9.53 Å². The number of rotatable bonds is 8. The van der Waals surface area contributed by atoms with Gasteiger partial charge in [-0.05, 0) is 200 Å². The lowest BCUT2D eigenvalue weighted by atomic mass is 9.98. The van der Waals surface area contributed by atoms with Gasteiger partial charge in [0.2, 0.25) is 0 Å². The van der Waals surface area contributed by atoms with Crippen LogP contribution in [-0.2, 0) is 4.74 Å². The molecule has 10 aromatic rings. The molecule has 0 aliphatic heterocycles. The van der Waals surface area contributed by atoms with Crippen molar-refractivity contribution in [3.05, 3.63) is 354 Å². The van der Waals surface area contributed by atoms with E-state index in [9.17, 15) is 4.79 Å². The summed E-state index contributed by atoms with van der Waals surface area (Å²) >= 11 is 0. The van der Waals surface area contributed by atoms with Crippen LogP contribution in [-0.4, -0.2) is 20.7 Å². The number of esters is 1. The summed E-state index contributed by atoms with van der Waals surface area (Å²) in [6.07, 6.45) is 4.45. The molecule has 0 aliphatic rings. The maximum absolute atomic E-state index is 12.8. The topological polar surface area (TPSA) is 26.3 Å². The van der Waals surface area contributed by atoms with E-state index in [4.69, 9.17) is 4.74 Å². The Kier molecular flexibility index (Phi) is 23.9. The number of benzene rings is 10. The van der Waals surface area contributed by atoms with E-state index in [2.05, 4.69) is 158 Å². The molecule has 0 spiro atoms. The zero-order valence-corrected chi connectivity index (χ0v) is 56.6. The molecule has 10 aromatic carbocycles. The van der Waals surface area contributed by atoms with Crippen LogP contribution in [0.3, 0.4) is 0 Å². The third-order valence-corrected chi connectivity index (χ3v) is 15.8. The van der Waals surface area contributed by atoms with E-state index in [1.807, 2.05) is 231 Å². The summed E-state index contributed by atoms with van der Waals surface area (Å²) < 4.78 is 5.62. The molecule has 462 valence electrons. The molecule has 0 aliphatic carbocycles. The van der Waals surface area contributed by atoms with Gasteiger partial charge in [-0.15, -0.1) is 5.54 Å². The van der Waals surface area contributed by atoms with E-state index in [1.165, 1.54) is 12.8 Å². The van der Waals surface area contributed by atoms with Gasteiger partial charge >= 0.3 is 5.97 Å². The van der Waals surface area contributed by atoms with Crippen molar-refractivity contribution in [3.63, 3.8) is 0 Å². The predicted octanol–water partition coefficient (Wildman–Crippen LogP) is 18.5. The summed E-state index contributed by atoms with van der Waals surface area (Å²) in [4.78, 5) is 12.8. The highest BCUT2D eigenvalue weighted by Gasteiger charge is 2.11. The minimum atomic E-state index is -1.47. The van der Waals surface area contributed by atoms with Gasteiger partial charge < -0.3 is 4.74 Å². The van der Waals surface area contributed by atoms with Crippen LogP contribution >= 0.6 is 0 Å². The summed E-state index contributed by atoms with van der Waals surface area (Å²) in [6, 6.07) is 79.0. The fourth-order valence-electron chi connectivity index (χ4n) is 9.81. The monoisotopic (exact) mass is 1260 g/mol. The van der Waals surface area contributed by atoms with Crippen LogP contribution in [0.4, 0.5) is 0 Å². The Morgan fingerprint density at radius 2 is 0.495 bits per heavy atom. The molecule has 0 heterocycles. The third-order valence-electron chi connectivity index (χ3n) is 14.9. The molecule has 3 heteroatoms. The highest BCUT2D eigenvalue weighted by Crippen LogP contribution is 2.18. The highest BCUT2D eigenvalue weighted by molar-refractivity contribution is 6.83. The summed E-state index contributed by atoms with van der Waals surface area (Å²) in [5.74, 6) is 63.7. The molecule has 0 amide bonds. The van der Waals surface area contributed by atoms with Crippen molar-refractivity contribution in [3.8, 4) is 118 Å². The van der Waals surface area contributed by atoms with Gasteiger partial charge in [-0.1, -0.05) is 233 Å². The molecule has 0 saturated carbocycles. The Hall–Kier alpha value is -12.5. The van der Waals surface area contributed by atoms with Crippen LogP contribution in [0.2, 0.25) is 19.6 Å². The Labute approximate surface area is 576 Å². The van der Waals surface area contributed by atoms with Crippen molar-refractivity contribution in [2.75, 3.05) is 6.61 Å². The molecular formula is C94H70O2Si. The van der Waals surface area contributed by atoms with Crippen molar-refractivity contribution in [1.82, 2.24) is 0 Å². The molecule has 10 rings (SSSR count). The number of hydrogen-bond acceptors (Lipinski definition) is 2. The van der Waals surface area contributed by atoms with E-state index >= 15 is 0 Å². The van der Waals surface area contributed by atoms with Gasteiger partial charge in [-0.2, -0.15) is 0 Å². The van der Waals surface area contributed by atoms with E-state index in [1.54, 1.807) is 12.1 Å². The van der Waals surface area contributed by atoms with Crippen molar-refractivity contribution >= 4 is 14.0 Å². The van der Waals surface area contributed by atoms with Gasteiger partial charge in [0.15, 0.2) is 0 Å². The first-order chi connectivity index (χ1) is 47.2. The molecule has 0 unspecified atom stereocenters. The quantitative estimate of drug-likeness (QED) is 0.0861. The molecular weight excluding hydrogens is 1190 g/mol. The first-order valence-electron chi connectivity index (χ1n) is 32.6. The minimum Gasteiger partial charge on any atom is -0.462 e. The highest BCUT2D eigenvalue weighted by atomic mass is 28.3. The van der Waals surface area contributed by atoms with Crippen molar-refractivity contribution in [2.45, 2.75) is 66.1 Å². The Morgan fingerprint density at radius 3 is 0.711 bits per heavy atom. The van der Waals surface area contributed by atoms with Crippen LogP contribution in [0, 0.1) is 130 Å². The molecule has 0 bridgehead atoms. The maximum Gasteiger partial charge on any atom is 0.338 e. The SMILES string of the molecule is CC(C)CCC[C@H](C)CCOC(=O)c1cccc(C#Cc2cccc(C#Cc3cccc(C#Cc4cccc(C#Cc5cccc(C#Cc6cccc(C#Cc7cccc(C#Cc8cccc(C#Cc9cccc(C#Cc%10cccc(C#C[Si](C)(C)C)c%10)c9)c8)c7)c6)c5)c4)c3)c2)c1. The maximum atomic E-state index is 12.8. The molecule has 0 radical (unpaired) electrons. The zero-order chi connectivity index (χ0) is 67.4. The first kappa shape index (κ1) is 67.4. The lowest BCUT2D eigenvalue weighted by Crippen LogP contribution is -2.16. The fraction of sp³-hybridized carbons (Fsp3) is 0.138. The lowest BCUT2D eigenvalue weighted by molar-refractivity contribution is 0.0483. The fourth-order valence-corrected chi connectivity index (χ4v) is 10.3. The number of hydrogen-bond donors (Lipinski definition) is 0. The summed E-state index contributed by atoms with van der Waals surface area (Å²) in [6.45, 7) is 13.9. The van der Waals surface area contributed by atoms with E-state index in [0.717, 1.165) is 119 Å². The molecule has 0 aromatic heterocycles. The van der Waals surface area contributed by atoms with Gasteiger partial charge in [0.05, 0.1) is 12.2 Å². The zero-order valence-electron chi connectivity index (χ0n) is 55.6. The molecule has 0 saturated heterocycles. The van der Waals surface area contributed by atoms with Gasteiger partial charge in [0, 0.05) is 106 Å². The average molecular weight is 1260 g/mol. The standard InChI is InChI=1S/C94H70O2Si/c1-72(2)18-7-19-73(3)58-60-96-94(95)93-39-17-38-91(71-93)57-56-89-35-15-34-87(69-89)53-52-85-31-13-30-83(67-85)49-48-81-27-11-26-79(65-81)45-44-77-23-9-22-75(63-77)41-40-74-20-8-21-76(62-74)42-43-78-24-10-25-80(64-78)46-47-82-28-12-29-84(66-82)50-51-86-32-14-33-88(68-86)54-55-90-36-16-37-92(70-90)59-61-97(4,5)6/h8-17,20-39,62-73H,7,18-19,58,60H2,1-6H3/t73-/m0/s1. The molecule has 97 heavy (non-hydrogen) atoms. The molecule has 0 N–H and O–H groups in total. The summed E-state index contributed by atoms with van der Waals surface area (Å²) in [5.41, 5.74) is 20.4. The van der Waals surface area contributed by atoms with Crippen LogP contribution in [0.15, 0.2) is 243 Å². The third kappa shape index (κ3) is 23.2. The second kappa shape index (κ2) is 34.4. The molecule has 1 atom stereocenters. The largest absolute Gasteiger partial charge is 0.462 e. The van der Waals surface area contributed by atoms with E-state index < -0.39 is 8.07 Å². The van der Waals surface area contributed by atoms with Crippen LogP contribution < -0.4 is 0 Å². The van der Waals surface area contributed by atoms with Crippen molar-refractivity contribution in [2.24, 2.45) is 11.8 Å². The molecule has 2 nitrogen and oxygen atoms in total. The van der Waals surface area contributed by atoms with Gasteiger partial charge in [-0.3, -0.25) is 0 Å². The van der Waals surface area contributed by atoms with Gasteiger partial charge in [0.25, 0.3) is 0 Å². The van der Waals surface area contributed by atoms with E-state index in [0.29, 0.717) is 24.0 Å². The summed E-state index contributed by atoms with van der Waals surface area (Å²) in [5, 5.41) is 0. The molecule has 0 fully saturated rings. The Balaban J connectivity index is 0.712. The number of ether oxygens (including phenoxy) is 1. The van der Waals surface area contributed by atoms with E-state index in [-0.39, 0.29) is 5.97 Å². The Morgan fingerprint density at radius 1 is 0.289 bits per heavy atom. The second-order valence-corrected chi connectivity index (χ2v) is 29.7. The number of carbonyl (C=O) groups is 1. The second-order valence-electron chi connectivity index (χ2n) is 24.9. The average Bonchev–Trinajstić information content (AvgIpc) is 1.65.